The predicted octanol–water partition coefficient (Wildman–Crippen LogP) is 2.78. The first kappa shape index (κ1) is 15.2. The Morgan fingerprint density at radius 2 is 2.33 bits per heavy atom. The van der Waals surface area contributed by atoms with E-state index in [1.165, 1.54) is 6.07 Å². The highest BCUT2D eigenvalue weighted by atomic mass is 79.9. The Morgan fingerprint density at radius 1 is 1.67 bits per heavy atom. The van der Waals surface area contributed by atoms with Crippen LogP contribution in [0.2, 0.25) is 5.02 Å². The second kappa shape index (κ2) is 6.92. The second-order valence-electron chi connectivity index (χ2n) is 3.60. The van der Waals surface area contributed by atoms with Crippen LogP contribution < -0.4 is 16.0 Å². The smallest absolute Gasteiger partial charge is 0.274 e. The Labute approximate surface area is 118 Å². The van der Waals surface area contributed by atoms with Gasteiger partial charge in [-0.1, -0.05) is 24.9 Å². The third-order valence-corrected chi connectivity index (χ3v) is 3.14. The molecular weight excluding hydrogens is 326 g/mol. The van der Waals surface area contributed by atoms with E-state index in [4.69, 9.17) is 22.2 Å². The van der Waals surface area contributed by atoms with Gasteiger partial charge < -0.3 is 4.74 Å². The minimum absolute atomic E-state index is 0.0236. The molecule has 0 saturated carbocycles. The van der Waals surface area contributed by atoms with Crippen LogP contribution in [0.4, 0.5) is 4.39 Å². The molecule has 100 valence electrons. The molecule has 1 aromatic rings. The van der Waals surface area contributed by atoms with Crippen molar-refractivity contribution in [2.45, 2.75) is 25.9 Å². The van der Waals surface area contributed by atoms with E-state index in [-0.39, 0.29) is 10.8 Å². The summed E-state index contributed by atoms with van der Waals surface area (Å²) < 4.78 is 19.2. The fraction of sp³-hybridized carbons (Fsp3) is 0.364. The maximum atomic E-state index is 13.3. The van der Waals surface area contributed by atoms with Gasteiger partial charge in [0.1, 0.15) is 11.6 Å². The van der Waals surface area contributed by atoms with Crippen LogP contribution in [0.15, 0.2) is 16.6 Å². The van der Waals surface area contributed by atoms with Gasteiger partial charge in [0.25, 0.3) is 5.91 Å². The van der Waals surface area contributed by atoms with Gasteiger partial charge in [-0.25, -0.2) is 10.2 Å². The number of hydrazine groups is 1. The molecule has 1 unspecified atom stereocenters. The average molecular weight is 340 g/mol. The molecule has 7 heteroatoms. The largest absolute Gasteiger partial charge is 0.479 e. The summed E-state index contributed by atoms with van der Waals surface area (Å²) in [6, 6.07) is 2.49. The summed E-state index contributed by atoms with van der Waals surface area (Å²) in [6.45, 7) is 1.90. The van der Waals surface area contributed by atoms with Gasteiger partial charge in [-0.05, 0) is 28.4 Å². The molecule has 1 atom stereocenters. The number of rotatable bonds is 5. The van der Waals surface area contributed by atoms with Crippen molar-refractivity contribution in [1.29, 1.82) is 0 Å². The standard InChI is InChI=1S/C11H13BrClFN2O2/c1-2-3-9(11(17)16-15)18-10-5-8(14)7(13)4-6(10)12/h4-5,9H,2-3,15H2,1H3,(H,16,17). The molecule has 1 amide bonds. The average Bonchev–Trinajstić information content (AvgIpc) is 2.34. The zero-order valence-electron chi connectivity index (χ0n) is 9.67. The summed E-state index contributed by atoms with van der Waals surface area (Å²) in [7, 11) is 0. The van der Waals surface area contributed by atoms with E-state index in [1.54, 1.807) is 0 Å². The molecule has 0 heterocycles. The Balaban J connectivity index is 2.93. The highest BCUT2D eigenvalue weighted by Crippen LogP contribution is 2.31. The summed E-state index contributed by atoms with van der Waals surface area (Å²) in [5.41, 5.74) is 2.02. The van der Waals surface area contributed by atoms with E-state index in [0.717, 1.165) is 12.5 Å². The highest BCUT2D eigenvalue weighted by Gasteiger charge is 2.20. The van der Waals surface area contributed by atoms with E-state index in [9.17, 15) is 9.18 Å². The summed E-state index contributed by atoms with van der Waals surface area (Å²) >= 11 is 8.81. The van der Waals surface area contributed by atoms with Gasteiger partial charge in [0.2, 0.25) is 0 Å². The topological polar surface area (TPSA) is 64.3 Å². The lowest BCUT2D eigenvalue weighted by molar-refractivity contribution is -0.128. The first-order valence-electron chi connectivity index (χ1n) is 5.31. The summed E-state index contributed by atoms with van der Waals surface area (Å²) in [6.07, 6.45) is 0.433. The number of ether oxygens (including phenoxy) is 1. The van der Waals surface area contributed by atoms with Crippen LogP contribution in [0.25, 0.3) is 0 Å². The lowest BCUT2D eigenvalue weighted by Gasteiger charge is -2.18. The van der Waals surface area contributed by atoms with Crippen LogP contribution >= 0.6 is 27.5 Å². The number of hydrogen-bond acceptors (Lipinski definition) is 3. The van der Waals surface area contributed by atoms with Gasteiger partial charge >= 0.3 is 0 Å². The van der Waals surface area contributed by atoms with E-state index in [0.29, 0.717) is 10.9 Å². The van der Waals surface area contributed by atoms with Crippen LogP contribution in [0.3, 0.4) is 0 Å². The van der Waals surface area contributed by atoms with E-state index >= 15 is 0 Å². The number of carbonyl (C=O) groups excluding carboxylic acids is 1. The Kier molecular flexibility index (Phi) is 5.84. The van der Waals surface area contributed by atoms with Gasteiger partial charge in [0, 0.05) is 6.07 Å². The van der Waals surface area contributed by atoms with E-state index in [1.807, 2.05) is 12.3 Å². The number of hydrogen-bond donors (Lipinski definition) is 2. The molecule has 1 rings (SSSR count). The predicted molar refractivity (Wildman–Crippen MR) is 70.8 cm³/mol. The lowest BCUT2D eigenvalue weighted by Crippen LogP contribution is -2.42. The number of nitrogens with two attached hydrogens (primary N) is 1. The van der Waals surface area contributed by atoms with Crippen molar-refractivity contribution in [1.82, 2.24) is 5.43 Å². The number of benzene rings is 1. The lowest BCUT2D eigenvalue weighted by atomic mass is 10.2. The maximum Gasteiger partial charge on any atom is 0.274 e. The number of nitrogens with one attached hydrogen (secondary N) is 1. The van der Waals surface area contributed by atoms with Crippen molar-refractivity contribution >= 4 is 33.4 Å². The maximum absolute atomic E-state index is 13.3. The fourth-order valence-electron chi connectivity index (χ4n) is 1.35. The molecule has 0 spiro atoms. The molecule has 0 saturated heterocycles. The third-order valence-electron chi connectivity index (χ3n) is 2.23. The zero-order valence-corrected chi connectivity index (χ0v) is 12.0. The van der Waals surface area contributed by atoms with E-state index < -0.39 is 17.8 Å². The van der Waals surface area contributed by atoms with Crippen molar-refractivity contribution in [2.24, 2.45) is 5.84 Å². The zero-order chi connectivity index (χ0) is 13.7. The Morgan fingerprint density at radius 3 is 2.89 bits per heavy atom. The monoisotopic (exact) mass is 338 g/mol. The molecule has 0 bridgehead atoms. The van der Waals surface area contributed by atoms with Crippen LogP contribution in [0.5, 0.6) is 5.75 Å². The molecule has 0 aliphatic heterocycles. The van der Waals surface area contributed by atoms with Gasteiger partial charge in [0.15, 0.2) is 6.10 Å². The molecule has 0 aliphatic carbocycles. The van der Waals surface area contributed by atoms with Gasteiger partial charge in [-0.3, -0.25) is 10.2 Å². The number of halogens is 3. The molecule has 18 heavy (non-hydrogen) atoms. The van der Waals surface area contributed by atoms with Crippen molar-refractivity contribution in [2.75, 3.05) is 0 Å². The summed E-state index contributed by atoms with van der Waals surface area (Å²) in [5, 5.41) is -0.0236. The Bertz CT molecular complexity index is 445. The van der Waals surface area contributed by atoms with Crippen molar-refractivity contribution < 1.29 is 13.9 Å². The SMILES string of the molecule is CCCC(Oc1cc(F)c(Cl)cc1Br)C(=O)NN. The minimum Gasteiger partial charge on any atom is -0.479 e. The first-order chi connectivity index (χ1) is 8.49. The van der Waals surface area contributed by atoms with Crippen LogP contribution in [0.1, 0.15) is 19.8 Å². The second-order valence-corrected chi connectivity index (χ2v) is 4.86. The minimum atomic E-state index is -0.767. The molecular formula is C11H13BrClFN2O2. The molecule has 0 radical (unpaired) electrons. The van der Waals surface area contributed by atoms with Crippen LogP contribution in [-0.4, -0.2) is 12.0 Å². The van der Waals surface area contributed by atoms with E-state index in [2.05, 4.69) is 15.9 Å². The fourth-order valence-corrected chi connectivity index (χ4v) is 2.08. The number of amides is 1. The van der Waals surface area contributed by atoms with Crippen molar-refractivity contribution in [3.05, 3.63) is 27.4 Å². The molecule has 0 aromatic heterocycles. The van der Waals surface area contributed by atoms with Gasteiger partial charge in [-0.2, -0.15) is 0 Å². The van der Waals surface area contributed by atoms with Crippen LogP contribution in [0, 0.1) is 5.82 Å². The third kappa shape index (κ3) is 3.83. The summed E-state index contributed by atoms with van der Waals surface area (Å²) in [4.78, 5) is 11.5. The molecule has 1 aromatic carbocycles. The Hall–Kier alpha value is -0.850. The number of carbonyl (C=O) groups is 1. The van der Waals surface area contributed by atoms with Gasteiger partial charge in [0.05, 0.1) is 9.50 Å². The summed E-state index contributed by atoms with van der Waals surface area (Å²) in [5.74, 6) is 4.20. The molecule has 0 aliphatic rings. The van der Waals surface area contributed by atoms with Crippen LogP contribution in [-0.2, 0) is 4.79 Å². The quantitative estimate of drug-likeness (QED) is 0.375. The normalized spacial score (nSPS) is 12.1. The molecule has 4 nitrogen and oxygen atoms in total. The van der Waals surface area contributed by atoms with Crippen molar-refractivity contribution in [3.63, 3.8) is 0 Å². The molecule has 3 N–H and O–H groups in total. The van der Waals surface area contributed by atoms with Crippen molar-refractivity contribution in [3.8, 4) is 5.75 Å². The molecule has 0 fully saturated rings. The first-order valence-corrected chi connectivity index (χ1v) is 6.48. The van der Waals surface area contributed by atoms with Gasteiger partial charge in [-0.15, -0.1) is 0 Å². The highest BCUT2D eigenvalue weighted by molar-refractivity contribution is 9.10.